The van der Waals surface area contributed by atoms with Crippen molar-refractivity contribution < 1.29 is 4.79 Å². The maximum Gasteiger partial charge on any atom is 0.261 e. The zero-order valence-electron chi connectivity index (χ0n) is 9.55. The second-order valence-corrected chi connectivity index (χ2v) is 5.11. The van der Waals surface area contributed by atoms with Crippen molar-refractivity contribution in [3.8, 4) is 0 Å². The number of amides is 1. The van der Waals surface area contributed by atoms with Gasteiger partial charge in [0.15, 0.2) is 0 Å². The van der Waals surface area contributed by atoms with Crippen LogP contribution in [-0.2, 0) is 6.54 Å². The summed E-state index contributed by atoms with van der Waals surface area (Å²) in [7, 11) is 0. The Labute approximate surface area is 115 Å². The molecule has 5 heteroatoms. The lowest BCUT2D eigenvalue weighted by atomic mass is 10.1. The average molecular weight is 276 g/mol. The number of nitrogens with one attached hydrogen (secondary N) is 1. The third-order valence-corrected chi connectivity index (χ3v) is 3.54. The number of nitrogens with two attached hydrogens (primary N) is 1. The first-order valence-electron chi connectivity index (χ1n) is 5.37. The lowest BCUT2D eigenvalue weighted by molar-refractivity contribution is 0.0955. The Balaban J connectivity index is 1.94. The molecule has 1 amide bonds. The maximum absolute atomic E-state index is 11.7. The third kappa shape index (κ3) is 3.15. The molecule has 0 saturated carbocycles. The van der Waals surface area contributed by atoms with Gasteiger partial charge in [0.25, 0.3) is 5.91 Å². The van der Waals surface area contributed by atoms with Gasteiger partial charge in [-0.2, -0.15) is 0 Å². The van der Waals surface area contributed by atoms with Crippen molar-refractivity contribution >= 4 is 34.5 Å². The Kier molecular flexibility index (Phi) is 4.07. The highest BCUT2D eigenvalue weighted by molar-refractivity contribution is 7.80. The second kappa shape index (κ2) is 5.75. The minimum atomic E-state index is -0.0524. The molecule has 92 valence electrons. The molecule has 0 atom stereocenters. The molecule has 2 rings (SSSR count). The van der Waals surface area contributed by atoms with Crippen LogP contribution in [0.4, 0.5) is 0 Å². The average Bonchev–Trinajstić information content (AvgIpc) is 2.90. The van der Waals surface area contributed by atoms with Crippen LogP contribution in [-0.4, -0.2) is 10.9 Å². The summed E-state index contributed by atoms with van der Waals surface area (Å²) < 4.78 is 0. The van der Waals surface area contributed by atoms with Crippen LogP contribution < -0.4 is 11.1 Å². The molecule has 0 fully saturated rings. The zero-order chi connectivity index (χ0) is 13.0. The van der Waals surface area contributed by atoms with E-state index in [1.807, 2.05) is 35.7 Å². The van der Waals surface area contributed by atoms with E-state index in [2.05, 4.69) is 5.32 Å². The summed E-state index contributed by atoms with van der Waals surface area (Å²) in [6.07, 6.45) is 0. The van der Waals surface area contributed by atoms with Crippen LogP contribution in [0.15, 0.2) is 41.8 Å². The lowest BCUT2D eigenvalue weighted by Gasteiger charge is -2.05. The van der Waals surface area contributed by atoms with Gasteiger partial charge >= 0.3 is 0 Å². The van der Waals surface area contributed by atoms with Crippen LogP contribution in [0.3, 0.4) is 0 Å². The van der Waals surface area contributed by atoms with Crippen molar-refractivity contribution in [1.82, 2.24) is 5.32 Å². The molecule has 0 spiro atoms. The molecule has 0 unspecified atom stereocenters. The van der Waals surface area contributed by atoms with Crippen LogP contribution >= 0.6 is 23.6 Å². The topological polar surface area (TPSA) is 55.1 Å². The van der Waals surface area contributed by atoms with Crippen molar-refractivity contribution in [3.05, 3.63) is 57.8 Å². The van der Waals surface area contributed by atoms with Gasteiger partial charge in [0.1, 0.15) is 4.99 Å². The summed E-state index contributed by atoms with van der Waals surface area (Å²) in [5.74, 6) is -0.0524. The standard InChI is InChI=1S/C13H12N2OS2/c14-12(17)10-5-3-9(4-6-10)8-15-13(16)11-2-1-7-18-11/h1-7H,8H2,(H2,14,17)(H,15,16). The van der Waals surface area contributed by atoms with E-state index in [4.69, 9.17) is 18.0 Å². The van der Waals surface area contributed by atoms with Crippen molar-refractivity contribution in [2.45, 2.75) is 6.54 Å². The van der Waals surface area contributed by atoms with E-state index in [-0.39, 0.29) is 5.91 Å². The molecular formula is C13H12N2OS2. The lowest BCUT2D eigenvalue weighted by Crippen LogP contribution is -2.21. The quantitative estimate of drug-likeness (QED) is 0.843. The fourth-order valence-electron chi connectivity index (χ4n) is 1.46. The van der Waals surface area contributed by atoms with E-state index in [1.54, 1.807) is 6.07 Å². The highest BCUT2D eigenvalue weighted by atomic mass is 32.1. The SMILES string of the molecule is NC(=S)c1ccc(CNC(=O)c2cccs2)cc1. The first-order valence-corrected chi connectivity index (χ1v) is 6.66. The Morgan fingerprint density at radius 1 is 1.28 bits per heavy atom. The van der Waals surface area contributed by atoms with Crippen LogP contribution in [0.1, 0.15) is 20.8 Å². The molecule has 0 aliphatic carbocycles. The Morgan fingerprint density at radius 2 is 2.00 bits per heavy atom. The number of hydrogen-bond acceptors (Lipinski definition) is 3. The van der Waals surface area contributed by atoms with Gasteiger partial charge in [-0.05, 0) is 17.0 Å². The van der Waals surface area contributed by atoms with E-state index in [0.717, 1.165) is 16.0 Å². The van der Waals surface area contributed by atoms with Gasteiger partial charge < -0.3 is 11.1 Å². The number of benzene rings is 1. The van der Waals surface area contributed by atoms with Gasteiger partial charge in [-0.3, -0.25) is 4.79 Å². The Hall–Kier alpha value is -1.72. The minimum absolute atomic E-state index is 0.0524. The maximum atomic E-state index is 11.7. The first-order chi connectivity index (χ1) is 8.66. The monoisotopic (exact) mass is 276 g/mol. The fourth-order valence-corrected chi connectivity index (χ4v) is 2.24. The second-order valence-electron chi connectivity index (χ2n) is 3.72. The summed E-state index contributed by atoms with van der Waals surface area (Å²) in [6.45, 7) is 0.494. The minimum Gasteiger partial charge on any atom is -0.389 e. The Morgan fingerprint density at radius 3 is 2.56 bits per heavy atom. The van der Waals surface area contributed by atoms with Gasteiger partial charge in [0.2, 0.25) is 0 Å². The summed E-state index contributed by atoms with van der Waals surface area (Å²) in [5, 5.41) is 4.74. The number of thiophene rings is 1. The van der Waals surface area contributed by atoms with Crippen LogP contribution in [0.5, 0.6) is 0 Å². The molecule has 1 aromatic heterocycles. The predicted molar refractivity (Wildman–Crippen MR) is 77.8 cm³/mol. The van der Waals surface area contributed by atoms with Crippen molar-refractivity contribution in [3.63, 3.8) is 0 Å². The first kappa shape index (κ1) is 12.7. The number of thiocarbonyl (C=S) groups is 1. The van der Waals surface area contributed by atoms with Crippen LogP contribution in [0.2, 0.25) is 0 Å². The van der Waals surface area contributed by atoms with Crippen molar-refractivity contribution in [1.29, 1.82) is 0 Å². The molecule has 0 saturated heterocycles. The largest absolute Gasteiger partial charge is 0.389 e. The van der Waals surface area contributed by atoms with E-state index in [1.165, 1.54) is 11.3 Å². The number of carbonyl (C=O) groups excluding carboxylic acids is 1. The highest BCUT2D eigenvalue weighted by Gasteiger charge is 2.05. The van der Waals surface area contributed by atoms with Crippen molar-refractivity contribution in [2.24, 2.45) is 5.73 Å². The summed E-state index contributed by atoms with van der Waals surface area (Å²) in [6, 6.07) is 11.2. The van der Waals surface area contributed by atoms with E-state index in [9.17, 15) is 4.79 Å². The molecule has 0 radical (unpaired) electrons. The van der Waals surface area contributed by atoms with Crippen LogP contribution in [0, 0.1) is 0 Å². The number of carbonyl (C=O) groups is 1. The molecule has 3 nitrogen and oxygen atoms in total. The molecule has 3 N–H and O–H groups in total. The van der Waals surface area contributed by atoms with Gasteiger partial charge in [-0.15, -0.1) is 11.3 Å². The summed E-state index contributed by atoms with van der Waals surface area (Å²) in [4.78, 5) is 12.8. The number of rotatable bonds is 4. The summed E-state index contributed by atoms with van der Waals surface area (Å²) in [5.41, 5.74) is 7.36. The molecule has 1 heterocycles. The van der Waals surface area contributed by atoms with Gasteiger partial charge in [0.05, 0.1) is 4.88 Å². The summed E-state index contributed by atoms with van der Waals surface area (Å²) >= 11 is 6.30. The molecule has 2 aromatic rings. The smallest absolute Gasteiger partial charge is 0.261 e. The molecule has 0 bridgehead atoms. The zero-order valence-corrected chi connectivity index (χ0v) is 11.2. The predicted octanol–water partition coefficient (Wildman–Crippen LogP) is 2.31. The van der Waals surface area contributed by atoms with Gasteiger partial charge in [-0.1, -0.05) is 42.5 Å². The number of hydrogen-bond donors (Lipinski definition) is 2. The van der Waals surface area contributed by atoms with Gasteiger partial charge in [-0.25, -0.2) is 0 Å². The third-order valence-electron chi connectivity index (χ3n) is 2.44. The molecule has 18 heavy (non-hydrogen) atoms. The van der Waals surface area contributed by atoms with E-state index >= 15 is 0 Å². The van der Waals surface area contributed by atoms with Crippen molar-refractivity contribution in [2.75, 3.05) is 0 Å². The highest BCUT2D eigenvalue weighted by Crippen LogP contribution is 2.09. The fraction of sp³-hybridized carbons (Fsp3) is 0.0769. The molecule has 0 aliphatic heterocycles. The molecular weight excluding hydrogens is 264 g/mol. The van der Waals surface area contributed by atoms with E-state index in [0.29, 0.717) is 11.5 Å². The molecule has 0 aliphatic rings. The normalized spacial score (nSPS) is 10.0. The van der Waals surface area contributed by atoms with Gasteiger partial charge in [0, 0.05) is 12.1 Å². The Bertz CT molecular complexity index is 547. The van der Waals surface area contributed by atoms with E-state index < -0.39 is 0 Å². The molecule has 1 aromatic carbocycles. The van der Waals surface area contributed by atoms with Crippen LogP contribution in [0.25, 0.3) is 0 Å².